The quantitative estimate of drug-likeness (QED) is 0.609. The summed E-state index contributed by atoms with van der Waals surface area (Å²) in [7, 11) is 2.29. The summed E-state index contributed by atoms with van der Waals surface area (Å²) in [5.41, 5.74) is 2.82. The summed E-state index contributed by atoms with van der Waals surface area (Å²) in [5, 5.41) is 0. The van der Waals surface area contributed by atoms with Crippen LogP contribution in [0.2, 0.25) is 0 Å². The van der Waals surface area contributed by atoms with Crippen molar-refractivity contribution in [3.63, 3.8) is 0 Å². The first kappa shape index (κ1) is 9.54. The fourth-order valence-electron chi connectivity index (χ4n) is 1.16. The Morgan fingerprint density at radius 1 is 1.08 bits per heavy atom. The third-order valence-electron chi connectivity index (χ3n) is 2.08. The van der Waals surface area contributed by atoms with Gasteiger partial charge in [-0.25, -0.2) is 0 Å². The molecule has 0 unspecified atom stereocenters. The van der Waals surface area contributed by atoms with E-state index in [-0.39, 0.29) is 0 Å². The zero-order chi connectivity index (χ0) is 9.14. The van der Waals surface area contributed by atoms with Gasteiger partial charge < -0.3 is 4.23 Å². The van der Waals surface area contributed by atoms with E-state index in [1.165, 1.54) is 11.3 Å². The van der Waals surface area contributed by atoms with E-state index in [1.807, 2.05) is 0 Å². The van der Waals surface area contributed by atoms with Crippen LogP contribution >= 0.6 is 0 Å². The first-order valence-corrected chi connectivity index (χ1v) is 6.17. The number of anilines is 1. The maximum absolute atomic E-state index is 2.39. The van der Waals surface area contributed by atoms with E-state index in [0.717, 1.165) is 20.8 Å². The van der Waals surface area contributed by atoms with E-state index >= 15 is 0 Å². The molecule has 0 atom stereocenters. The molecule has 3 heteroatoms. The van der Waals surface area contributed by atoms with Gasteiger partial charge in [-0.2, -0.15) is 0 Å². The van der Waals surface area contributed by atoms with Crippen LogP contribution in [-0.2, 0) is 0 Å². The third kappa shape index (κ3) is 2.22. The smallest absolute Gasteiger partial charge is 0.0965 e. The van der Waals surface area contributed by atoms with Crippen molar-refractivity contribution >= 4 is 26.5 Å². The van der Waals surface area contributed by atoms with Gasteiger partial charge in [0, 0.05) is 5.69 Å². The SMILES string of the molecule is CC(C)c1ccc(N([SiH3])[SiH3])cc1. The summed E-state index contributed by atoms with van der Waals surface area (Å²) in [5.74, 6) is 0.649. The first-order valence-electron chi connectivity index (χ1n) is 4.38. The summed E-state index contributed by atoms with van der Waals surface area (Å²) in [6, 6.07) is 8.94. The first-order chi connectivity index (χ1) is 5.61. The third-order valence-corrected chi connectivity index (χ3v) is 3.11. The lowest BCUT2D eigenvalue weighted by molar-refractivity contribution is 0.867. The highest BCUT2D eigenvalue weighted by molar-refractivity contribution is 6.41. The summed E-state index contributed by atoms with van der Waals surface area (Å²) in [6.45, 7) is 4.46. The van der Waals surface area contributed by atoms with Crippen molar-refractivity contribution in [2.45, 2.75) is 19.8 Å². The van der Waals surface area contributed by atoms with E-state index in [9.17, 15) is 0 Å². The molecule has 0 amide bonds. The highest BCUT2D eigenvalue weighted by Gasteiger charge is 1.98. The molecule has 0 radical (unpaired) electrons. The molecule has 0 aliphatic rings. The van der Waals surface area contributed by atoms with Crippen LogP contribution in [0, 0.1) is 0 Å². The van der Waals surface area contributed by atoms with E-state index in [2.05, 4.69) is 42.3 Å². The van der Waals surface area contributed by atoms with Gasteiger partial charge in [0.25, 0.3) is 0 Å². The monoisotopic (exact) mass is 195 g/mol. The average Bonchev–Trinajstić information content (AvgIpc) is 2.04. The normalized spacial score (nSPS) is 10.9. The summed E-state index contributed by atoms with van der Waals surface area (Å²) in [4.78, 5) is 0. The summed E-state index contributed by atoms with van der Waals surface area (Å²) >= 11 is 0. The molecule has 0 bridgehead atoms. The second-order valence-electron chi connectivity index (χ2n) is 3.64. The Labute approximate surface area is 80.8 Å². The van der Waals surface area contributed by atoms with Crippen molar-refractivity contribution in [3.8, 4) is 0 Å². The van der Waals surface area contributed by atoms with Crippen LogP contribution < -0.4 is 4.23 Å². The van der Waals surface area contributed by atoms with Gasteiger partial charge in [0.2, 0.25) is 0 Å². The molecule has 0 aromatic heterocycles. The van der Waals surface area contributed by atoms with Gasteiger partial charge in [0.1, 0.15) is 0 Å². The van der Waals surface area contributed by atoms with Crippen LogP contribution in [-0.4, -0.2) is 20.8 Å². The fourth-order valence-corrected chi connectivity index (χ4v) is 1.75. The van der Waals surface area contributed by atoms with Crippen molar-refractivity contribution in [3.05, 3.63) is 29.8 Å². The molecule has 0 fully saturated rings. The lowest BCUT2D eigenvalue weighted by atomic mass is 10.0. The number of rotatable bonds is 2. The standard InChI is InChI=1S/C9H17NSi2/c1-7(2)8-3-5-9(6-4-8)10(11)12/h3-7H,1-2,11-12H3. The molecule has 1 rings (SSSR count). The van der Waals surface area contributed by atoms with Gasteiger partial charge in [-0.15, -0.1) is 0 Å². The second-order valence-corrected chi connectivity index (χ2v) is 8.11. The summed E-state index contributed by atoms with van der Waals surface area (Å²) in [6.07, 6.45) is 0. The number of hydrogen-bond donors (Lipinski definition) is 0. The molecular formula is C9H17NSi2. The second kappa shape index (κ2) is 3.91. The lowest BCUT2D eigenvalue weighted by Gasteiger charge is -2.14. The van der Waals surface area contributed by atoms with Crippen LogP contribution in [0.1, 0.15) is 25.3 Å². The van der Waals surface area contributed by atoms with Crippen LogP contribution in [0.4, 0.5) is 5.69 Å². The molecule has 0 aliphatic carbocycles. The Hall–Kier alpha value is -0.546. The van der Waals surface area contributed by atoms with Crippen molar-refractivity contribution in [2.24, 2.45) is 0 Å². The Bertz CT molecular complexity index is 214. The van der Waals surface area contributed by atoms with Gasteiger partial charge in [-0.05, 0) is 23.6 Å². The average molecular weight is 195 g/mol. The molecule has 0 N–H and O–H groups in total. The van der Waals surface area contributed by atoms with Crippen LogP contribution in [0.15, 0.2) is 24.3 Å². The number of nitrogens with zero attached hydrogens (tertiary/aromatic N) is 1. The molecule has 1 nitrogen and oxygen atoms in total. The van der Waals surface area contributed by atoms with Gasteiger partial charge in [-0.3, -0.25) is 0 Å². The topological polar surface area (TPSA) is 3.24 Å². The van der Waals surface area contributed by atoms with E-state index in [0.29, 0.717) is 5.92 Å². The van der Waals surface area contributed by atoms with Crippen molar-refractivity contribution in [1.82, 2.24) is 0 Å². The highest BCUT2D eigenvalue weighted by Crippen LogP contribution is 2.17. The van der Waals surface area contributed by atoms with Crippen molar-refractivity contribution in [1.29, 1.82) is 0 Å². The predicted octanol–water partition coefficient (Wildman–Crippen LogP) is 0.177. The highest BCUT2D eigenvalue weighted by atomic mass is 28.2. The Morgan fingerprint density at radius 2 is 1.58 bits per heavy atom. The van der Waals surface area contributed by atoms with Gasteiger partial charge in [0.05, 0.1) is 20.8 Å². The minimum atomic E-state index is 0.649. The molecule has 0 saturated heterocycles. The van der Waals surface area contributed by atoms with E-state index < -0.39 is 0 Å². The zero-order valence-electron chi connectivity index (χ0n) is 8.33. The molecule has 0 aliphatic heterocycles. The molecule has 1 aromatic carbocycles. The predicted molar refractivity (Wildman–Crippen MR) is 62.9 cm³/mol. The molecular weight excluding hydrogens is 178 g/mol. The van der Waals surface area contributed by atoms with Gasteiger partial charge in [-0.1, -0.05) is 26.0 Å². The van der Waals surface area contributed by atoms with Gasteiger partial charge >= 0.3 is 0 Å². The Morgan fingerprint density at radius 3 is 1.92 bits per heavy atom. The number of hydrogen-bond acceptors (Lipinski definition) is 1. The molecule has 1 aromatic rings. The molecule has 66 valence electrons. The largest absolute Gasteiger partial charge is 0.439 e. The number of benzene rings is 1. The molecule has 0 spiro atoms. The Kier molecular flexibility index (Phi) is 3.11. The van der Waals surface area contributed by atoms with Crippen molar-refractivity contribution < 1.29 is 0 Å². The fraction of sp³-hybridized carbons (Fsp3) is 0.333. The van der Waals surface area contributed by atoms with Crippen LogP contribution in [0.25, 0.3) is 0 Å². The maximum Gasteiger partial charge on any atom is 0.0965 e. The molecule has 0 saturated carbocycles. The van der Waals surface area contributed by atoms with E-state index in [1.54, 1.807) is 0 Å². The van der Waals surface area contributed by atoms with Crippen LogP contribution in [0.3, 0.4) is 0 Å². The van der Waals surface area contributed by atoms with Crippen molar-refractivity contribution in [2.75, 3.05) is 4.23 Å². The summed E-state index contributed by atoms with van der Waals surface area (Å²) < 4.78 is 2.39. The van der Waals surface area contributed by atoms with Crippen LogP contribution in [0.5, 0.6) is 0 Å². The molecule has 0 heterocycles. The minimum absolute atomic E-state index is 0.649. The lowest BCUT2D eigenvalue weighted by Crippen LogP contribution is -2.13. The maximum atomic E-state index is 2.39. The Balaban J connectivity index is 2.86. The molecule has 12 heavy (non-hydrogen) atoms. The minimum Gasteiger partial charge on any atom is -0.439 e. The van der Waals surface area contributed by atoms with E-state index in [4.69, 9.17) is 0 Å². The zero-order valence-corrected chi connectivity index (χ0v) is 12.3. The van der Waals surface area contributed by atoms with Gasteiger partial charge in [0.15, 0.2) is 0 Å².